The fourth-order valence-electron chi connectivity index (χ4n) is 4.38. The van der Waals surface area contributed by atoms with Crippen molar-refractivity contribution in [3.63, 3.8) is 0 Å². The van der Waals surface area contributed by atoms with Crippen molar-refractivity contribution in [1.29, 1.82) is 0 Å². The van der Waals surface area contributed by atoms with Crippen molar-refractivity contribution < 1.29 is 14.3 Å². The van der Waals surface area contributed by atoms with Gasteiger partial charge in [0.05, 0.1) is 24.7 Å². The van der Waals surface area contributed by atoms with Crippen molar-refractivity contribution >= 4 is 34.2 Å². The van der Waals surface area contributed by atoms with Gasteiger partial charge in [-0.2, -0.15) is 0 Å². The molecule has 1 amide bonds. The molecule has 7 heteroatoms. The molecule has 6 nitrogen and oxygen atoms in total. The minimum absolute atomic E-state index is 0.00756. The van der Waals surface area contributed by atoms with E-state index in [0.29, 0.717) is 42.6 Å². The summed E-state index contributed by atoms with van der Waals surface area (Å²) in [7, 11) is 1.63. The molecule has 0 N–H and O–H groups in total. The Morgan fingerprint density at radius 1 is 1.00 bits per heavy atom. The third-order valence-electron chi connectivity index (χ3n) is 5.95. The van der Waals surface area contributed by atoms with Crippen molar-refractivity contribution in [3.05, 3.63) is 83.6 Å². The van der Waals surface area contributed by atoms with Gasteiger partial charge in [-0.1, -0.05) is 35.9 Å². The first-order valence-electron chi connectivity index (χ1n) is 10.9. The summed E-state index contributed by atoms with van der Waals surface area (Å²) in [6.45, 7) is 1.64. The Balaban J connectivity index is 1.40. The number of imidazole rings is 1. The van der Waals surface area contributed by atoms with Crippen LogP contribution in [0, 0.1) is 0 Å². The number of fused-ring (bicyclic) bond motifs is 1. The van der Waals surface area contributed by atoms with Gasteiger partial charge in [-0.25, -0.2) is 4.98 Å². The normalized spacial score (nSPS) is 15.9. The Hall–Kier alpha value is -3.51. The van der Waals surface area contributed by atoms with Crippen LogP contribution in [0.15, 0.2) is 72.8 Å². The lowest BCUT2D eigenvalue weighted by Crippen LogP contribution is -2.24. The number of carbonyl (C=O) groups excluding carboxylic acids is 1. The lowest BCUT2D eigenvalue weighted by molar-refractivity contribution is -0.117. The van der Waals surface area contributed by atoms with Crippen molar-refractivity contribution in [2.75, 3.05) is 25.2 Å². The number of halogens is 1. The van der Waals surface area contributed by atoms with Gasteiger partial charge >= 0.3 is 0 Å². The van der Waals surface area contributed by atoms with Gasteiger partial charge in [-0.3, -0.25) is 4.79 Å². The zero-order chi connectivity index (χ0) is 22.8. The fraction of sp³-hybridized carbons (Fsp3) is 0.231. The average molecular weight is 462 g/mol. The highest BCUT2D eigenvalue weighted by molar-refractivity contribution is 6.30. The zero-order valence-corrected chi connectivity index (χ0v) is 19.0. The Labute approximate surface area is 197 Å². The van der Waals surface area contributed by atoms with Gasteiger partial charge in [0.15, 0.2) is 11.5 Å². The van der Waals surface area contributed by atoms with Crippen molar-refractivity contribution in [2.24, 2.45) is 0 Å². The summed E-state index contributed by atoms with van der Waals surface area (Å²) >= 11 is 6.02. The van der Waals surface area contributed by atoms with Crippen LogP contribution in [-0.2, 0) is 11.3 Å². The number of hydrogen-bond donors (Lipinski definition) is 0. The number of nitrogens with zero attached hydrogens (tertiary/aromatic N) is 3. The molecular weight excluding hydrogens is 438 g/mol. The molecule has 33 heavy (non-hydrogen) atoms. The molecule has 168 valence electrons. The summed E-state index contributed by atoms with van der Waals surface area (Å²) < 4.78 is 13.6. The second-order valence-electron chi connectivity index (χ2n) is 7.99. The molecule has 1 aromatic heterocycles. The molecule has 0 saturated carbocycles. The zero-order valence-electron chi connectivity index (χ0n) is 18.3. The fourth-order valence-corrected chi connectivity index (χ4v) is 4.50. The summed E-state index contributed by atoms with van der Waals surface area (Å²) in [5.74, 6) is 2.40. The third-order valence-corrected chi connectivity index (χ3v) is 6.21. The van der Waals surface area contributed by atoms with Crippen LogP contribution in [0.5, 0.6) is 11.5 Å². The van der Waals surface area contributed by atoms with Gasteiger partial charge in [-0.15, -0.1) is 0 Å². The Morgan fingerprint density at radius 2 is 1.73 bits per heavy atom. The number of amides is 1. The molecule has 3 aromatic carbocycles. The molecule has 0 bridgehead atoms. The minimum atomic E-state index is -0.00756. The van der Waals surface area contributed by atoms with Gasteiger partial charge in [0.25, 0.3) is 0 Å². The molecule has 4 aromatic rings. The standard InChI is InChI=1S/C26H24ClN3O3/c1-32-23-8-4-5-9-24(23)33-15-14-29-22-7-3-2-6-21(22)28-26(29)18-16-25(31)30(17-18)20-12-10-19(27)11-13-20/h2-13,18H,14-17H2,1H3/t18-/m1/s1. The number of ether oxygens (including phenoxy) is 2. The number of rotatable bonds is 7. The van der Waals surface area contributed by atoms with Crippen LogP contribution in [-0.4, -0.2) is 35.7 Å². The predicted octanol–water partition coefficient (Wildman–Crippen LogP) is 5.30. The number of aromatic nitrogens is 2. The maximum Gasteiger partial charge on any atom is 0.227 e. The predicted molar refractivity (Wildman–Crippen MR) is 129 cm³/mol. The Morgan fingerprint density at radius 3 is 2.52 bits per heavy atom. The monoisotopic (exact) mass is 461 g/mol. The summed E-state index contributed by atoms with van der Waals surface area (Å²) in [6.07, 6.45) is 0.416. The number of para-hydroxylation sites is 4. The molecule has 1 aliphatic heterocycles. The molecule has 0 radical (unpaired) electrons. The molecule has 5 rings (SSSR count). The molecule has 0 aliphatic carbocycles. The molecular formula is C26H24ClN3O3. The lowest BCUT2D eigenvalue weighted by Gasteiger charge is -2.18. The minimum Gasteiger partial charge on any atom is -0.493 e. The number of anilines is 1. The highest BCUT2D eigenvalue weighted by Gasteiger charge is 2.34. The Kier molecular flexibility index (Phi) is 5.92. The summed E-state index contributed by atoms with van der Waals surface area (Å²) in [5, 5.41) is 0.652. The van der Waals surface area contributed by atoms with Gasteiger partial charge in [-0.05, 0) is 48.5 Å². The van der Waals surface area contributed by atoms with E-state index in [1.807, 2.05) is 71.6 Å². The number of methoxy groups -OCH3 is 1. The molecule has 1 aliphatic rings. The molecule has 1 atom stereocenters. The molecule has 1 saturated heterocycles. The molecule has 0 unspecified atom stereocenters. The SMILES string of the molecule is COc1ccccc1OCCn1c([C@@H]2CC(=O)N(c3ccc(Cl)cc3)C2)nc2ccccc21. The topological polar surface area (TPSA) is 56.6 Å². The second kappa shape index (κ2) is 9.16. The van der Waals surface area contributed by atoms with Crippen LogP contribution < -0.4 is 14.4 Å². The molecule has 2 heterocycles. The molecule has 1 fully saturated rings. The first kappa shape index (κ1) is 21.3. The van der Waals surface area contributed by atoms with E-state index in [-0.39, 0.29) is 11.8 Å². The van der Waals surface area contributed by atoms with Crippen molar-refractivity contribution in [2.45, 2.75) is 18.9 Å². The largest absolute Gasteiger partial charge is 0.493 e. The Bertz CT molecular complexity index is 1290. The molecule has 0 spiro atoms. The van der Waals surface area contributed by atoms with Crippen molar-refractivity contribution in [3.8, 4) is 11.5 Å². The highest BCUT2D eigenvalue weighted by atomic mass is 35.5. The number of carbonyl (C=O) groups is 1. The summed E-state index contributed by atoms with van der Waals surface area (Å²) in [4.78, 5) is 19.6. The van der Waals surface area contributed by atoms with E-state index in [0.717, 1.165) is 22.5 Å². The van der Waals surface area contributed by atoms with E-state index in [1.54, 1.807) is 7.11 Å². The van der Waals surface area contributed by atoms with Crippen LogP contribution in [0.1, 0.15) is 18.2 Å². The lowest BCUT2D eigenvalue weighted by atomic mass is 10.1. The van der Waals surface area contributed by atoms with Crippen molar-refractivity contribution in [1.82, 2.24) is 9.55 Å². The highest BCUT2D eigenvalue weighted by Crippen LogP contribution is 2.34. The first-order valence-corrected chi connectivity index (χ1v) is 11.3. The number of benzene rings is 3. The smallest absolute Gasteiger partial charge is 0.227 e. The maximum absolute atomic E-state index is 12.9. The second-order valence-corrected chi connectivity index (χ2v) is 8.43. The van der Waals surface area contributed by atoms with Gasteiger partial charge in [0, 0.05) is 29.6 Å². The van der Waals surface area contributed by atoms with E-state index in [1.165, 1.54) is 0 Å². The van der Waals surface area contributed by atoms with Crippen LogP contribution in [0.3, 0.4) is 0 Å². The van der Waals surface area contributed by atoms with Gasteiger partial charge in [0.1, 0.15) is 12.4 Å². The van der Waals surface area contributed by atoms with Crippen LogP contribution in [0.25, 0.3) is 11.0 Å². The van der Waals surface area contributed by atoms with E-state index in [9.17, 15) is 4.79 Å². The van der Waals surface area contributed by atoms with Crippen LogP contribution in [0.4, 0.5) is 5.69 Å². The average Bonchev–Trinajstić information content (AvgIpc) is 3.40. The van der Waals surface area contributed by atoms with E-state index in [2.05, 4.69) is 10.6 Å². The summed E-state index contributed by atoms with van der Waals surface area (Å²) in [6, 6.07) is 23.0. The maximum atomic E-state index is 12.9. The van der Waals surface area contributed by atoms with Crippen LogP contribution in [0.2, 0.25) is 5.02 Å². The van der Waals surface area contributed by atoms with E-state index >= 15 is 0 Å². The quantitative estimate of drug-likeness (QED) is 0.375. The van der Waals surface area contributed by atoms with E-state index in [4.69, 9.17) is 26.1 Å². The van der Waals surface area contributed by atoms with Crippen LogP contribution >= 0.6 is 11.6 Å². The van der Waals surface area contributed by atoms with Gasteiger partial charge < -0.3 is 18.9 Å². The van der Waals surface area contributed by atoms with E-state index < -0.39 is 0 Å². The number of hydrogen-bond acceptors (Lipinski definition) is 4. The van der Waals surface area contributed by atoms with Gasteiger partial charge in [0.2, 0.25) is 5.91 Å². The summed E-state index contributed by atoms with van der Waals surface area (Å²) in [5.41, 5.74) is 2.81. The third kappa shape index (κ3) is 4.26. The first-order chi connectivity index (χ1) is 16.1.